The molecule has 1 aliphatic carbocycles. The fraction of sp³-hybridized carbons (Fsp3) is 0.154. The molecule has 0 saturated heterocycles. The molecule has 0 amide bonds. The van der Waals surface area contributed by atoms with Crippen molar-refractivity contribution in [3.63, 3.8) is 0 Å². The number of allylic oxidation sites excluding steroid dienone is 4. The molecule has 0 bridgehead atoms. The summed E-state index contributed by atoms with van der Waals surface area (Å²) in [5, 5.41) is 8.94. The number of hydrogen-bond donors (Lipinski definition) is 0. The van der Waals surface area contributed by atoms with Crippen LogP contribution in [-0.4, -0.2) is 18.2 Å². The zero-order valence-electron chi connectivity index (χ0n) is 8.86. The molecular formula is C13H9Br2NSe. The van der Waals surface area contributed by atoms with Gasteiger partial charge < -0.3 is 0 Å². The summed E-state index contributed by atoms with van der Waals surface area (Å²) in [4.78, 5) is 2.30. The van der Waals surface area contributed by atoms with E-state index in [0.29, 0.717) is 0 Å². The molecule has 0 heterocycles. The van der Waals surface area contributed by atoms with Crippen molar-refractivity contribution >= 4 is 52.4 Å². The van der Waals surface area contributed by atoms with Gasteiger partial charge in [-0.3, -0.25) is 0 Å². The molecule has 0 aliphatic heterocycles. The van der Waals surface area contributed by atoms with Crippen LogP contribution in [0.15, 0.2) is 47.0 Å². The monoisotopic (exact) mass is 417 g/mol. The Kier molecular flexibility index (Phi) is 4.27. The molecule has 86 valence electrons. The number of nitriles is 1. The Morgan fingerprint density at radius 2 is 1.94 bits per heavy atom. The normalized spacial score (nSPS) is 17.9. The van der Waals surface area contributed by atoms with Crippen molar-refractivity contribution < 1.29 is 0 Å². The first-order valence-electron chi connectivity index (χ1n) is 5.04. The van der Waals surface area contributed by atoms with Crippen LogP contribution in [0.5, 0.6) is 0 Å². The van der Waals surface area contributed by atoms with E-state index in [0.717, 1.165) is 6.42 Å². The summed E-state index contributed by atoms with van der Waals surface area (Å²) >= 11 is 7.09. The van der Waals surface area contributed by atoms with Crippen LogP contribution < -0.4 is 0 Å². The van der Waals surface area contributed by atoms with Crippen LogP contribution in [0.2, 0.25) is 0 Å². The zero-order valence-corrected chi connectivity index (χ0v) is 13.7. The summed E-state index contributed by atoms with van der Waals surface area (Å²) in [5.41, 5.74) is 2.38. The molecule has 0 N–H and O–H groups in total. The number of halogens is 2. The fourth-order valence-corrected chi connectivity index (χ4v) is 4.83. The molecule has 0 unspecified atom stereocenters. The molecule has 1 nitrogen and oxygen atoms in total. The SMILES string of the molecule is N#C[Se]C1=C(c2ccccc2)C=CC(Br)(Br)C1. The van der Waals surface area contributed by atoms with E-state index < -0.39 is 0 Å². The minimum absolute atomic E-state index is 0.108. The van der Waals surface area contributed by atoms with E-state index in [1.54, 1.807) is 0 Å². The quantitative estimate of drug-likeness (QED) is 0.526. The first kappa shape index (κ1) is 13.1. The summed E-state index contributed by atoms with van der Waals surface area (Å²) < 4.78 is 1.04. The van der Waals surface area contributed by atoms with Crippen molar-refractivity contribution in [1.82, 2.24) is 0 Å². The first-order chi connectivity index (χ1) is 8.12. The molecule has 0 atom stereocenters. The summed E-state index contributed by atoms with van der Waals surface area (Å²) in [5.74, 6) is 0. The van der Waals surface area contributed by atoms with Crippen LogP contribution in [-0.2, 0) is 0 Å². The van der Waals surface area contributed by atoms with E-state index in [9.17, 15) is 0 Å². The Labute approximate surface area is 124 Å². The van der Waals surface area contributed by atoms with Gasteiger partial charge in [0.15, 0.2) is 0 Å². The molecule has 1 aliphatic rings. The van der Waals surface area contributed by atoms with E-state index in [1.165, 1.54) is 15.6 Å². The van der Waals surface area contributed by atoms with Gasteiger partial charge in [-0.2, -0.15) is 0 Å². The number of nitrogens with zero attached hydrogens (tertiary/aromatic N) is 1. The van der Waals surface area contributed by atoms with Gasteiger partial charge in [0.05, 0.1) is 0 Å². The van der Waals surface area contributed by atoms with E-state index in [2.05, 4.69) is 61.1 Å². The Balaban J connectivity index is 2.43. The second kappa shape index (κ2) is 5.54. The van der Waals surface area contributed by atoms with Crippen LogP contribution in [0.1, 0.15) is 12.0 Å². The van der Waals surface area contributed by atoms with Crippen LogP contribution in [0.25, 0.3) is 5.57 Å². The molecule has 0 radical (unpaired) electrons. The van der Waals surface area contributed by atoms with Crippen LogP contribution in [0.4, 0.5) is 0 Å². The summed E-state index contributed by atoms with van der Waals surface area (Å²) in [6, 6.07) is 10.2. The third-order valence-electron chi connectivity index (χ3n) is 2.44. The summed E-state index contributed by atoms with van der Waals surface area (Å²) in [6.45, 7) is 0. The van der Waals surface area contributed by atoms with Crippen LogP contribution in [0, 0.1) is 10.2 Å². The average molecular weight is 418 g/mol. The summed E-state index contributed by atoms with van der Waals surface area (Å²) in [6.07, 6.45) is 5.02. The van der Waals surface area contributed by atoms with Crippen molar-refractivity contribution in [2.45, 2.75) is 9.65 Å². The van der Waals surface area contributed by atoms with Gasteiger partial charge in [-0.15, -0.1) is 0 Å². The van der Waals surface area contributed by atoms with Crippen molar-refractivity contribution in [1.29, 1.82) is 5.26 Å². The van der Waals surface area contributed by atoms with E-state index >= 15 is 0 Å². The zero-order chi connectivity index (χ0) is 12.3. The van der Waals surface area contributed by atoms with Gasteiger partial charge >= 0.3 is 125 Å². The van der Waals surface area contributed by atoms with Gasteiger partial charge in [-0.25, -0.2) is 0 Å². The number of hydrogen-bond acceptors (Lipinski definition) is 1. The molecule has 0 aromatic heterocycles. The Hall–Kier alpha value is -0.331. The van der Waals surface area contributed by atoms with E-state index in [1.807, 2.05) is 18.2 Å². The van der Waals surface area contributed by atoms with Crippen molar-refractivity contribution in [2.24, 2.45) is 0 Å². The maximum absolute atomic E-state index is 8.94. The van der Waals surface area contributed by atoms with Crippen molar-refractivity contribution in [2.75, 3.05) is 0 Å². The Bertz CT molecular complexity index is 512. The van der Waals surface area contributed by atoms with Gasteiger partial charge in [0, 0.05) is 0 Å². The predicted molar refractivity (Wildman–Crippen MR) is 79.1 cm³/mol. The molecule has 1 aromatic rings. The van der Waals surface area contributed by atoms with Gasteiger partial charge in [0.1, 0.15) is 0 Å². The second-order valence-electron chi connectivity index (χ2n) is 3.67. The number of benzene rings is 1. The van der Waals surface area contributed by atoms with E-state index in [4.69, 9.17) is 5.26 Å². The minimum atomic E-state index is -0.188. The number of rotatable bonds is 2. The molecule has 17 heavy (non-hydrogen) atoms. The molecule has 0 saturated carbocycles. The van der Waals surface area contributed by atoms with E-state index in [-0.39, 0.29) is 18.2 Å². The standard InChI is InChI=1S/C13H9Br2NSe/c14-13(15)7-6-11(12(8-13)17-9-16)10-4-2-1-3-5-10/h1-7H,8H2. The Morgan fingerprint density at radius 1 is 1.24 bits per heavy atom. The molecule has 2 rings (SSSR count). The van der Waals surface area contributed by atoms with Gasteiger partial charge in [-0.1, -0.05) is 0 Å². The fourth-order valence-electron chi connectivity index (χ4n) is 1.69. The van der Waals surface area contributed by atoms with Crippen molar-refractivity contribution in [3.8, 4) is 4.97 Å². The average Bonchev–Trinajstić information content (AvgIpc) is 2.30. The Morgan fingerprint density at radius 3 is 2.59 bits per heavy atom. The van der Waals surface area contributed by atoms with Gasteiger partial charge in [0.2, 0.25) is 0 Å². The molecule has 0 spiro atoms. The predicted octanol–water partition coefficient (Wildman–Crippen LogP) is 4.03. The topological polar surface area (TPSA) is 23.8 Å². The van der Waals surface area contributed by atoms with Crippen molar-refractivity contribution in [3.05, 3.63) is 52.5 Å². The first-order valence-corrected chi connectivity index (χ1v) is 8.34. The summed E-state index contributed by atoms with van der Waals surface area (Å²) in [7, 11) is 0. The second-order valence-corrected chi connectivity index (χ2v) is 9.41. The maximum atomic E-state index is 8.94. The third kappa shape index (κ3) is 3.33. The van der Waals surface area contributed by atoms with Gasteiger partial charge in [0.25, 0.3) is 0 Å². The third-order valence-corrected chi connectivity index (χ3v) is 5.01. The molecule has 0 fully saturated rings. The molecule has 4 heteroatoms. The van der Waals surface area contributed by atoms with Crippen LogP contribution in [0.3, 0.4) is 0 Å². The van der Waals surface area contributed by atoms with Gasteiger partial charge in [-0.05, 0) is 0 Å². The molecular weight excluding hydrogens is 409 g/mol. The number of alkyl halides is 2. The van der Waals surface area contributed by atoms with Crippen LogP contribution >= 0.6 is 31.9 Å². The molecule has 1 aromatic carbocycles.